The second kappa shape index (κ2) is 10.2. The van der Waals surface area contributed by atoms with Crippen LogP contribution >= 0.6 is 12.2 Å². The van der Waals surface area contributed by atoms with E-state index in [0.717, 1.165) is 24.5 Å². The average molecular weight is 436 g/mol. The molecule has 0 amide bonds. The lowest BCUT2D eigenvalue weighted by Gasteiger charge is -2.28. The minimum absolute atomic E-state index is 0.0451. The van der Waals surface area contributed by atoms with Crippen LogP contribution in [0.2, 0.25) is 0 Å². The molecule has 0 unspecified atom stereocenters. The molecule has 2 aromatic carbocycles. The van der Waals surface area contributed by atoms with E-state index in [4.69, 9.17) is 21.7 Å². The Hall–Kier alpha value is -3.23. The Morgan fingerprint density at radius 2 is 1.71 bits per heavy atom. The first kappa shape index (κ1) is 21.0. The maximum Gasteiger partial charge on any atom is 0.234 e. The van der Waals surface area contributed by atoms with Crippen LogP contribution in [0, 0.1) is 0 Å². The largest absolute Gasteiger partial charge is 0.439 e. The van der Waals surface area contributed by atoms with Crippen LogP contribution in [0.25, 0.3) is 0 Å². The van der Waals surface area contributed by atoms with Gasteiger partial charge < -0.3 is 25.0 Å². The molecule has 0 saturated carbocycles. The topological polar surface area (TPSA) is 71.5 Å². The highest BCUT2D eigenvalue weighted by Gasteiger charge is 2.17. The first-order chi connectivity index (χ1) is 15.2. The minimum Gasteiger partial charge on any atom is -0.439 e. The zero-order valence-corrected chi connectivity index (χ0v) is 18.1. The van der Waals surface area contributed by atoms with Crippen molar-refractivity contribution in [1.82, 2.24) is 15.3 Å². The molecular weight excluding hydrogens is 410 g/mol. The molecule has 3 aromatic rings. The second-order valence-electron chi connectivity index (χ2n) is 7.13. The number of aromatic nitrogens is 2. The van der Waals surface area contributed by atoms with Gasteiger partial charge in [-0.15, -0.1) is 0 Å². The number of nitrogens with zero attached hydrogens (tertiary/aromatic N) is 3. The molecule has 1 atom stereocenters. The zero-order chi connectivity index (χ0) is 21.5. The van der Waals surface area contributed by atoms with Crippen molar-refractivity contribution in [2.75, 3.05) is 36.5 Å². The molecule has 8 heteroatoms. The molecule has 1 aromatic heterocycles. The first-order valence-electron chi connectivity index (χ1n) is 10.2. The van der Waals surface area contributed by atoms with Gasteiger partial charge in [-0.1, -0.05) is 48.5 Å². The van der Waals surface area contributed by atoms with Gasteiger partial charge in [0.2, 0.25) is 11.8 Å². The van der Waals surface area contributed by atoms with Gasteiger partial charge in [-0.25, -0.2) is 0 Å². The Labute approximate surface area is 187 Å². The van der Waals surface area contributed by atoms with Gasteiger partial charge in [0.1, 0.15) is 11.6 Å². The molecule has 31 heavy (non-hydrogen) atoms. The summed E-state index contributed by atoms with van der Waals surface area (Å²) in [4.78, 5) is 11.3. The summed E-state index contributed by atoms with van der Waals surface area (Å²) in [7, 11) is 0. The molecular formula is C23H25N5O2S. The summed E-state index contributed by atoms with van der Waals surface area (Å²) in [6.45, 7) is 4.90. The summed E-state index contributed by atoms with van der Waals surface area (Å²) in [5, 5.41) is 6.83. The van der Waals surface area contributed by atoms with Crippen molar-refractivity contribution in [3.8, 4) is 11.6 Å². The lowest BCUT2D eigenvalue weighted by Crippen LogP contribution is -2.37. The van der Waals surface area contributed by atoms with Crippen LogP contribution in [0.5, 0.6) is 11.6 Å². The van der Waals surface area contributed by atoms with Gasteiger partial charge in [-0.2, -0.15) is 9.97 Å². The maximum atomic E-state index is 5.97. The molecule has 2 heterocycles. The predicted molar refractivity (Wildman–Crippen MR) is 126 cm³/mol. The number of thiocarbonyl (C=S) groups is 1. The lowest BCUT2D eigenvalue weighted by atomic mass is 10.1. The van der Waals surface area contributed by atoms with Crippen LogP contribution in [0.1, 0.15) is 18.5 Å². The van der Waals surface area contributed by atoms with E-state index < -0.39 is 0 Å². The number of para-hydroxylation sites is 1. The number of hydrogen-bond donors (Lipinski definition) is 2. The highest BCUT2D eigenvalue weighted by atomic mass is 32.1. The fraction of sp³-hybridized carbons (Fsp3) is 0.261. The third-order valence-electron chi connectivity index (χ3n) is 4.86. The van der Waals surface area contributed by atoms with E-state index in [9.17, 15) is 0 Å². The average Bonchev–Trinajstić information content (AvgIpc) is 2.80. The van der Waals surface area contributed by atoms with Gasteiger partial charge in [0.25, 0.3) is 0 Å². The molecule has 0 radical (unpaired) electrons. The van der Waals surface area contributed by atoms with E-state index in [-0.39, 0.29) is 6.04 Å². The third-order valence-corrected chi connectivity index (χ3v) is 5.08. The molecule has 0 spiro atoms. The number of nitrogens with one attached hydrogen (secondary N) is 2. The van der Waals surface area contributed by atoms with Crippen molar-refractivity contribution < 1.29 is 9.47 Å². The monoisotopic (exact) mass is 435 g/mol. The zero-order valence-electron chi connectivity index (χ0n) is 17.3. The van der Waals surface area contributed by atoms with E-state index in [1.165, 1.54) is 0 Å². The molecule has 1 aliphatic rings. The normalized spacial score (nSPS) is 14.5. The van der Waals surface area contributed by atoms with Crippen molar-refractivity contribution in [3.63, 3.8) is 0 Å². The van der Waals surface area contributed by atoms with Crippen molar-refractivity contribution in [3.05, 3.63) is 72.3 Å². The Bertz CT molecular complexity index is 997. The van der Waals surface area contributed by atoms with Crippen molar-refractivity contribution in [2.24, 2.45) is 0 Å². The molecule has 160 valence electrons. The SMILES string of the molecule is C[C@@H](NC(=S)Nc1nc(Oc2ccccc2)cc(N2CCOCC2)n1)c1ccccc1. The number of rotatable bonds is 6. The molecule has 7 nitrogen and oxygen atoms in total. The Balaban J connectivity index is 1.52. The highest BCUT2D eigenvalue weighted by molar-refractivity contribution is 7.80. The van der Waals surface area contributed by atoms with Crippen LogP contribution < -0.4 is 20.3 Å². The highest BCUT2D eigenvalue weighted by Crippen LogP contribution is 2.25. The Morgan fingerprint density at radius 1 is 1.03 bits per heavy atom. The van der Waals surface area contributed by atoms with Crippen LogP contribution in [0.3, 0.4) is 0 Å². The molecule has 1 saturated heterocycles. The predicted octanol–water partition coefficient (Wildman–Crippen LogP) is 4.15. The van der Waals surface area contributed by atoms with E-state index in [1.807, 2.05) is 54.6 Å². The van der Waals surface area contributed by atoms with Gasteiger partial charge in [0, 0.05) is 19.2 Å². The van der Waals surface area contributed by atoms with Crippen LogP contribution in [0.4, 0.5) is 11.8 Å². The smallest absolute Gasteiger partial charge is 0.234 e. The van der Waals surface area contributed by atoms with Crippen molar-refractivity contribution in [2.45, 2.75) is 13.0 Å². The molecule has 4 rings (SSSR count). The number of benzene rings is 2. The van der Waals surface area contributed by atoms with Gasteiger partial charge in [-0.3, -0.25) is 0 Å². The summed E-state index contributed by atoms with van der Waals surface area (Å²) in [5.74, 6) is 2.31. The van der Waals surface area contributed by atoms with Crippen LogP contribution in [-0.4, -0.2) is 41.4 Å². The number of morpholine rings is 1. The van der Waals surface area contributed by atoms with Gasteiger partial charge in [-0.05, 0) is 36.8 Å². The summed E-state index contributed by atoms with van der Waals surface area (Å²) in [5.41, 5.74) is 1.14. The number of hydrogen-bond acceptors (Lipinski definition) is 6. The van der Waals surface area contributed by atoms with E-state index in [0.29, 0.717) is 35.9 Å². The lowest BCUT2D eigenvalue weighted by molar-refractivity contribution is 0.122. The quantitative estimate of drug-likeness (QED) is 0.560. The van der Waals surface area contributed by atoms with E-state index in [1.54, 1.807) is 0 Å². The summed E-state index contributed by atoms with van der Waals surface area (Å²) < 4.78 is 11.4. The van der Waals surface area contributed by atoms with Gasteiger partial charge >= 0.3 is 0 Å². The van der Waals surface area contributed by atoms with E-state index in [2.05, 4.69) is 44.6 Å². The molecule has 0 bridgehead atoms. The molecule has 0 aliphatic carbocycles. The molecule has 1 fully saturated rings. The first-order valence-corrected chi connectivity index (χ1v) is 10.7. The van der Waals surface area contributed by atoms with Crippen molar-refractivity contribution in [1.29, 1.82) is 0 Å². The number of ether oxygens (including phenoxy) is 2. The second-order valence-corrected chi connectivity index (χ2v) is 7.54. The van der Waals surface area contributed by atoms with Gasteiger partial charge in [0.15, 0.2) is 5.11 Å². The fourth-order valence-corrected chi connectivity index (χ4v) is 3.51. The van der Waals surface area contributed by atoms with Crippen molar-refractivity contribution >= 4 is 29.1 Å². The summed E-state index contributed by atoms with van der Waals surface area (Å²) in [6.07, 6.45) is 0. The van der Waals surface area contributed by atoms with E-state index >= 15 is 0 Å². The minimum atomic E-state index is 0.0451. The maximum absolute atomic E-state index is 5.97. The third kappa shape index (κ3) is 5.90. The van der Waals surface area contributed by atoms with Gasteiger partial charge in [0.05, 0.1) is 19.3 Å². The summed E-state index contributed by atoms with van der Waals surface area (Å²) >= 11 is 5.51. The number of anilines is 2. The standard InChI is InChI=1S/C23H25N5O2S/c1-17(18-8-4-2-5-9-18)24-23(31)27-22-25-20(28-12-14-29-15-13-28)16-21(26-22)30-19-10-6-3-7-11-19/h2-11,16-17H,12-15H2,1H3,(H2,24,25,26,27,31)/t17-/m1/s1. The van der Waals surface area contributed by atoms with Crippen LogP contribution in [-0.2, 0) is 4.74 Å². The molecule has 1 aliphatic heterocycles. The Kier molecular flexibility index (Phi) is 6.91. The molecule has 2 N–H and O–H groups in total. The fourth-order valence-electron chi connectivity index (χ4n) is 3.24. The van der Waals surface area contributed by atoms with Crippen LogP contribution in [0.15, 0.2) is 66.7 Å². The summed E-state index contributed by atoms with van der Waals surface area (Å²) in [6, 6.07) is 21.6. The Morgan fingerprint density at radius 3 is 2.42 bits per heavy atom.